The lowest BCUT2D eigenvalue weighted by atomic mass is 9.52. The van der Waals surface area contributed by atoms with E-state index >= 15 is 0 Å². The summed E-state index contributed by atoms with van der Waals surface area (Å²) in [4.78, 5) is 124. The van der Waals surface area contributed by atoms with E-state index in [9.17, 15) is 52.7 Å². The summed E-state index contributed by atoms with van der Waals surface area (Å²) >= 11 is 0. The van der Waals surface area contributed by atoms with Gasteiger partial charge in [-0.05, 0) is 103 Å². The smallest absolute Gasteiger partial charge is 0.459 e. The largest absolute Gasteiger partial charge is 0.508 e. The molecule has 0 aromatic heterocycles. The minimum absolute atomic E-state index is 0.0113. The Bertz CT molecular complexity index is 2430. The minimum atomic E-state index is -0.792. The third-order valence-corrected chi connectivity index (χ3v) is 13.9. The van der Waals surface area contributed by atoms with Crippen LogP contribution in [0.25, 0.3) is 0 Å². The van der Waals surface area contributed by atoms with Crippen molar-refractivity contribution >= 4 is 66.4 Å². The van der Waals surface area contributed by atoms with E-state index < -0.39 is 109 Å². The second kappa shape index (κ2) is 26.8. The molecule has 0 radical (unpaired) electrons. The van der Waals surface area contributed by atoms with Gasteiger partial charge in [0.1, 0.15) is 63.1 Å². The topological polar surface area (TPSA) is 326 Å². The molecule has 8 bridgehead atoms. The van der Waals surface area contributed by atoms with E-state index in [2.05, 4.69) is 54.7 Å². The molecule has 0 amide bonds. The molecule has 0 aromatic carbocycles. The van der Waals surface area contributed by atoms with Crippen molar-refractivity contribution in [2.45, 2.75) is 134 Å². The summed E-state index contributed by atoms with van der Waals surface area (Å²) in [5, 5.41) is 0. The van der Waals surface area contributed by atoms with Gasteiger partial charge in [-0.15, -0.1) is 0 Å². The molecule has 434 valence electrons. The Morgan fingerprint density at radius 3 is 1.43 bits per heavy atom. The van der Waals surface area contributed by atoms with Crippen molar-refractivity contribution in [2.24, 2.45) is 29.6 Å². The first-order chi connectivity index (χ1) is 37.3. The molecular weight excluding hydrogens is 1050 g/mol. The van der Waals surface area contributed by atoms with Gasteiger partial charge in [0.05, 0.1) is 5.92 Å². The average molecular weight is 1120 g/mol. The van der Waals surface area contributed by atoms with Crippen LogP contribution in [0.4, 0.5) is 19.2 Å². The summed E-state index contributed by atoms with van der Waals surface area (Å²) in [6, 6.07) is 0. The molecule has 6 aliphatic carbocycles. The number of ether oxygens (including phenoxy) is 15. The Balaban J connectivity index is 0.000000176. The monoisotopic (exact) mass is 1120 g/mol. The second-order valence-electron chi connectivity index (χ2n) is 21.0. The molecule has 11 rings (SSSR count). The van der Waals surface area contributed by atoms with Gasteiger partial charge in [0.15, 0.2) is 31.5 Å². The first-order valence-corrected chi connectivity index (χ1v) is 25.6. The molecule has 11 aliphatic rings. The molecule has 0 spiro atoms. The minimum Gasteiger partial charge on any atom is -0.459 e. The highest BCUT2D eigenvalue weighted by Gasteiger charge is 2.62. The Morgan fingerprint density at radius 2 is 0.949 bits per heavy atom. The summed E-state index contributed by atoms with van der Waals surface area (Å²) < 4.78 is 74.1. The van der Waals surface area contributed by atoms with E-state index in [0.29, 0.717) is 35.3 Å². The van der Waals surface area contributed by atoms with Crippen LogP contribution in [-0.2, 0) is 105 Å². The van der Waals surface area contributed by atoms with Crippen molar-refractivity contribution in [3.63, 3.8) is 0 Å². The molecule has 5 heterocycles. The summed E-state index contributed by atoms with van der Waals surface area (Å²) in [5.74, 6) is -2.37. The fraction of sp³-hybridized carbons (Fsp3) is 0.642. The summed E-state index contributed by atoms with van der Waals surface area (Å²) in [5.41, 5.74) is -0.156. The summed E-state index contributed by atoms with van der Waals surface area (Å²) in [6.07, 6.45) is 2.46. The van der Waals surface area contributed by atoms with Gasteiger partial charge in [-0.3, -0.25) is 4.79 Å². The van der Waals surface area contributed by atoms with E-state index in [1.54, 1.807) is 13.8 Å². The van der Waals surface area contributed by atoms with Crippen molar-refractivity contribution in [1.29, 1.82) is 0 Å². The average Bonchev–Trinajstić information content (AvgIpc) is 4.23. The van der Waals surface area contributed by atoms with Crippen molar-refractivity contribution in [1.82, 2.24) is 0 Å². The fourth-order valence-corrected chi connectivity index (χ4v) is 11.0. The molecule has 26 nitrogen and oxygen atoms in total. The van der Waals surface area contributed by atoms with Crippen LogP contribution >= 0.6 is 0 Å². The number of hydrogen-bond acceptors (Lipinski definition) is 26. The number of fused-ring (bicyclic) bond motifs is 1. The highest BCUT2D eigenvalue weighted by atomic mass is 16.8. The number of carbonyl (C=O) groups is 11. The van der Waals surface area contributed by atoms with Gasteiger partial charge in [0.2, 0.25) is 0 Å². The van der Waals surface area contributed by atoms with Crippen LogP contribution in [-0.4, -0.2) is 161 Å². The zero-order valence-corrected chi connectivity index (χ0v) is 44.4. The second-order valence-corrected chi connectivity index (χ2v) is 21.0. The highest BCUT2D eigenvalue weighted by molar-refractivity contribution is 5.89. The quantitative estimate of drug-likeness (QED) is 0.104. The fourth-order valence-electron chi connectivity index (χ4n) is 11.0. The number of esters is 7. The van der Waals surface area contributed by atoms with Crippen LogP contribution in [0, 0.1) is 29.6 Å². The van der Waals surface area contributed by atoms with Gasteiger partial charge >= 0.3 is 66.4 Å². The Labute approximate surface area is 453 Å². The third-order valence-electron chi connectivity index (χ3n) is 13.9. The molecule has 10 unspecified atom stereocenters. The number of hydrogen-bond donors (Lipinski definition) is 0. The summed E-state index contributed by atoms with van der Waals surface area (Å²) in [6.45, 7) is 19.0. The molecule has 26 heteroatoms. The van der Waals surface area contributed by atoms with E-state index in [1.807, 2.05) is 0 Å². The number of rotatable bonds is 17. The maximum atomic E-state index is 12.3. The Hall–Kier alpha value is -7.67. The van der Waals surface area contributed by atoms with Crippen molar-refractivity contribution < 1.29 is 124 Å². The van der Waals surface area contributed by atoms with Crippen LogP contribution in [0.3, 0.4) is 0 Å². The van der Waals surface area contributed by atoms with Crippen LogP contribution in [0.5, 0.6) is 0 Å². The lowest BCUT2D eigenvalue weighted by molar-refractivity contribution is -0.221. The standard InChI is InChI=1S/C19H24O8.C16H20O6.C10H12O7.C8H10O5/c1-11(2)15(20)26-18-4-12-3-13(5-18)7-19(6-12,10-18)27-17(22)24-9-14-8-23-16(21)25-14;1-8(2)15(18)20-7-13(17)22-14-10-3-9-4-11(6-10)16(19)21-12(14)5-9;1-6(2)9(12)15-5-8(11)14-3-7-4-16-10(13)17-7;1-5(2)7(9)11-3-6-4-12-8(10)13-6/h12-14H,1,3-10H2,2H3;9-12,14H,1,3-7H2,2H3;7H,1,3-5H2,2H3;6H,1,3-4H2,2H3. The third kappa shape index (κ3) is 17.7. The Morgan fingerprint density at radius 1 is 0.494 bits per heavy atom. The maximum Gasteiger partial charge on any atom is 0.508 e. The van der Waals surface area contributed by atoms with Crippen molar-refractivity contribution in [3.05, 3.63) is 48.6 Å². The van der Waals surface area contributed by atoms with Gasteiger partial charge in [0.25, 0.3) is 0 Å². The van der Waals surface area contributed by atoms with Crippen LogP contribution < -0.4 is 0 Å². The molecule has 0 aromatic rings. The molecule has 5 saturated heterocycles. The van der Waals surface area contributed by atoms with E-state index in [0.717, 1.165) is 57.8 Å². The van der Waals surface area contributed by atoms with Gasteiger partial charge in [-0.1, -0.05) is 26.3 Å². The molecule has 0 N–H and O–H groups in total. The van der Waals surface area contributed by atoms with Gasteiger partial charge in [0, 0.05) is 34.6 Å². The molecule has 10 atom stereocenters. The van der Waals surface area contributed by atoms with Crippen molar-refractivity contribution in [3.8, 4) is 0 Å². The molecule has 11 fully saturated rings. The highest BCUT2D eigenvalue weighted by Crippen LogP contribution is 2.60. The number of carbonyl (C=O) groups excluding carboxylic acids is 11. The molecule has 79 heavy (non-hydrogen) atoms. The van der Waals surface area contributed by atoms with Crippen molar-refractivity contribution in [2.75, 3.05) is 52.9 Å². The maximum absolute atomic E-state index is 12.3. The van der Waals surface area contributed by atoms with Gasteiger partial charge in [-0.25, -0.2) is 47.9 Å². The molecule has 6 saturated carbocycles. The molecule has 5 aliphatic heterocycles. The predicted molar refractivity (Wildman–Crippen MR) is 259 cm³/mol. The van der Waals surface area contributed by atoms with Crippen LogP contribution in [0.2, 0.25) is 0 Å². The van der Waals surface area contributed by atoms with Gasteiger partial charge in [-0.2, -0.15) is 0 Å². The Kier molecular flexibility index (Phi) is 20.5. The first kappa shape index (κ1) is 60.6. The SMILES string of the molecule is C=C(C)C(=O)OC12CC3CC(CC(OC(=O)OCC4COC(=O)O4)(C3)C1)C2.C=C(C)C(=O)OCC(=O)OC1C2CC3CC(C2)C(=O)OC1C3.C=C(C)C(=O)OCC(=O)OCC1COC(=O)O1.C=C(C)C(=O)OCC1COC(=O)O1. The van der Waals surface area contributed by atoms with Gasteiger partial charge < -0.3 is 71.1 Å². The zero-order chi connectivity index (χ0) is 57.8. The lowest BCUT2D eigenvalue weighted by Gasteiger charge is -2.59. The lowest BCUT2D eigenvalue weighted by Crippen LogP contribution is -2.61. The van der Waals surface area contributed by atoms with Crippen LogP contribution in [0.1, 0.15) is 91.9 Å². The number of cyclic esters (lactones) is 6. The normalized spacial score (nSPS) is 30.3. The van der Waals surface area contributed by atoms with E-state index in [1.165, 1.54) is 13.8 Å². The van der Waals surface area contributed by atoms with E-state index in [-0.39, 0.29) is 74.7 Å². The van der Waals surface area contributed by atoms with Crippen LogP contribution in [0.15, 0.2) is 48.6 Å². The first-order valence-electron chi connectivity index (χ1n) is 25.6. The predicted octanol–water partition coefficient (Wildman–Crippen LogP) is 5.09. The zero-order valence-electron chi connectivity index (χ0n) is 44.4. The summed E-state index contributed by atoms with van der Waals surface area (Å²) in [7, 11) is 0. The van der Waals surface area contributed by atoms with E-state index in [4.69, 9.17) is 42.6 Å². The molecular formula is C53H66O26.